The first kappa shape index (κ1) is 11.2. The van der Waals surface area contributed by atoms with E-state index in [1.54, 1.807) is 20.9 Å². The second kappa shape index (κ2) is 4.69. The molecule has 0 aliphatic heterocycles. The first-order chi connectivity index (χ1) is 7.27. The van der Waals surface area contributed by atoms with Gasteiger partial charge in [0.05, 0.1) is 0 Å². The Morgan fingerprint density at radius 2 is 1.93 bits per heavy atom. The van der Waals surface area contributed by atoms with Crippen molar-refractivity contribution in [1.29, 1.82) is 0 Å². The normalized spacial score (nSPS) is 17.5. The van der Waals surface area contributed by atoms with Gasteiger partial charge in [-0.25, -0.2) is 0 Å². The van der Waals surface area contributed by atoms with E-state index in [0.29, 0.717) is 0 Å². The molecule has 0 N–H and O–H groups in total. The number of fused-ring (bicyclic) bond motifs is 1. The highest BCUT2D eigenvalue weighted by Crippen LogP contribution is 2.39. The molecule has 1 aromatic rings. The zero-order valence-electron chi connectivity index (χ0n) is 10.2. The van der Waals surface area contributed by atoms with Gasteiger partial charge in [0, 0.05) is 9.75 Å². The van der Waals surface area contributed by atoms with E-state index in [9.17, 15) is 0 Å². The molecular weight excluding hydrogens is 200 g/mol. The molecule has 1 heteroatoms. The summed E-state index contributed by atoms with van der Waals surface area (Å²) in [5.74, 6) is 0.776. The van der Waals surface area contributed by atoms with Crippen LogP contribution in [0.4, 0.5) is 0 Å². The highest BCUT2D eigenvalue weighted by molar-refractivity contribution is 7.12. The van der Waals surface area contributed by atoms with Crippen LogP contribution in [0.15, 0.2) is 0 Å². The van der Waals surface area contributed by atoms with Crippen molar-refractivity contribution in [3.8, 4) is 0 Å². The minimum atomic E-state index is 0.776. The van der Waals surface area contributed by atoms with E-state index >= 15 is 0 Å². The second-order valence-corrected chi connectivity index (χ2v) is 5.90. The van der Waals surface area contributed by atoms with Crippen molar-refractivity contribution in [2.45, 2.75) is 65.2 Å². The lowest BCUT2D eigenvalue weighted by atomic mass is 9.87. The molecule has 84 valence electrons. The summed E-state index contributed by atoms with van der Waals surface area (Å²) in [5.41, 5.74) is 3.48. The van der Waals surface area contributed by atoms with Gasteiger partial charge in [0.1, 0.15) is 0 Å². The molecule has 0 saturated heterocycles. The van der Waals surface area contributed by atoms with Gasteiger partial charge in [0.15, 0.2) is 0 Å². The molecule has 0 radical (unpaired) electrons. The maximum Gasteiger partial charge on any atom is 0.00831 e. The SMILES string of the molecule is CCc1sc2c(c1C(C)CC)CCCC2. The first-order valence-electron chi connectivity index (χ1n) is 6.41. The van der Waals surface area contributed by atoms with E-state index in [4.69, 9.17) is 0 Å². The first-order valence-corrected chi connectivity index (χ1v) is 7.22. The standard InChI is InChI=1S/C14H22S/c1-4-10(3)14-11-8-6-7-9-13(11)15-12(14)5-2/h10H,4-9H2,1-3H3. The molecule has 1 aromatic heterocycles. The maximum absolute atomic E-state index is 2.40. The molecule has 0 aromatic carbocycles. The summed E-state index contributed by atoms with van der Waals surface area (Å²) in [6.07, 6.45) is 8.05. The molecule has 1 atom stereocenters. The van der Waals surface area contributed by atoms with Crippen LogP contribution >= 0.6 is 11.3 Å². The molecule has 1 heterocycles. The molecule has 0 bridgehead atoms. The topological polar surface area (TPSA) is 0 Å². The van der Waals surface area contributed by atoms with Gasteiger partial charge in [-0.15, -0.1) is 11.3 Å². The van der Waals surface area contributed by atoms with Crippen molar-refractivity contribution in [2.75, 3.05) is 0 Å². The van der Waals surface area contributed by atoms with Gasteiger partial charge in [-0.3, -0.25) is 0 Å². The number of thiophene rings is 1. The van der Waals surface area contributed by atoms with E-state index in [0.717, 1.165) is 5.92 Å². The van der Waals surface area contributed by atoms with Crippen LogP contribution in [-0.4, -0.2) is 0 Å². The lowest BCUT2D eigenvalue weighted by molar-refractivity contribution is 0.664. The van der Waals surface area contributed by atoms with Crippen LogP contribution in [-0.2, 0) is 19.3 Å². The Labute approximate surface area is 97.7 Å². The monoisotopic (exact) mass is 222 g/mol. The third-order valence-electron chi connectivity index (χ3n) is 3.72. The van der Waals surface area contributed by atoms with Gasteiger partial charge in [-0.2, -0.15) is 0 Å². The van der Waals surface area contributed by atoms with Crippen LogP contribution in [0, 0.1) is 0 Å². The van der Waals surface area contributed by atoms with Crippen molar-refractivity contribution in [3.63, 3.8) is 0 Å². The van der Waals surface area contributed by atoms with E-state index in [1.165, 1.54) is 38.5 Å². The van der Waals surface area contributed by atoms with Crippen LogP contribution in [0.5, 0.6) is 0 Å². The molecule has 1 aliphatic rings. The molecule has 15 heavy (non-hydrogen) atoms. The smallest absolute Gasteiger partial charge is 0.00831 e. The molecule has 2 rings (SSSR count). The van der Waals surface area contributed by atoms with Crippen LogP contribution in [0.3, 0.4) is 0 Å². The van der Waals surface area contributed by atoms with E-state index in [1.807, 2.05) is 0 Å². The molecular formula is C14H22S. The molecule has 0 spiro atoms. The quantitative estimate of drug-likeness (QED) is 0.695. The van der Waals surface area contributed by atoms with Crippen LogP contribution in [0.2, 0.25) is 0 Å². The Kier molecular flexibility index (Phi) is 3.50. The largest absolute Gasteiger partial charge is 0.145 e. The van der Waals surface area contributed by atoms with Crippen molar-refractivity contribution in [3.05, 3.63) is 20.9 Å². The molecule has 0 fully saturated rings. The highest BCUT2D eigenvalue weighted by Gasteiger charge is 2.22. The molecule has 0 nitrogen and oxygen atoms in total. The fourth-order valence-electron chi connectivity index (χ4n) is 2.69. The third-order valence-corrected chi connectivity index (χ3v) is 5.17. The Morgan fingerprint density at radius 3 is 2.60 bits per heavy atom. The number of aryl methyl sites for hydroxylation is 2. The van der Waals surface area contributed by atoms with Crippen molar-refractivity contribution >= 4 is 11.3 Å². The summed E-state index contributed by atoms with van der Waals surface area (Å²) in [6, 6.07) is 0. The van der Waals surface area contributed by atoms with Crippen molar-refractivity contribution in [2.24, 2.45) is 0 Å². The number of hydrogen-bond donors (Lipinski definition) is 0. The molecule has 1 unspecified atom stereocenters. The lowest BCUT2D eigenvalue weighted by Crippen LogP contribution is -2.04. The third kappa shape index (κ3) is 1.99. The zero-order valence-corrected chi connectivity index (χ0v) is 11.0. The predicted molar refractivity (Wildman–Crippen MR) is 69.0 cm³/mol. The van der Waals surface area contributed by atoms with Gasteiger partial charge in [-0.05, 0) is 55.6 Å². The summed E-state index contributed by atoms with van der Waals surface area (Å²) in [7, 11) is 0. The summed E-state index contributed by atoms with van der Waals surface area (Å²) < 4.78 is 0. The zero-order chi connectivity index (χ0) is 10.8. The Morgan fingerprint density at radius 1 is 1.20 bits per heavy atom. The van der Waals surface area contributed by atoms with Crippen LogP contribution < -0.4 is 0 Å². The minimum Gasteiger partial charge on any atom is -0.145 e. The van der Waals surface area contributed by atoms with Gasteiger partial charge in [-0.1, -0.05) is 20.8 Å². The van der Waals surface area contributed by atoms with Crippen molar-refractivity contribution < 1.29 is 0 Å². The Bertz CT molecular complexity index is 335. The molecule has 0 amide bonds. The average Bonchev–Trinajstić information content (AvgIpc) is 2.66. The van der Waals surface area contributed by atoms with Crippen LogP contribution in [0.25, 0.3) is 0 Å². The van der Waals surface area contributed by atoms with Gasteiger partial charge < -0.3 is 0 Å². The number of hydrogen-bond acceptors (Lipinski definition) is 1. The van der Waals surface area contributed by atoms with E-state index in [2.05, 4.69) is 32.1 Å². The fraction of sp³-hybridized carbons (Fsp3) is 0.714. The summed E-state index contributed by atoms with van der Waals surface area (Å²) >= 11 is 2.11. The fourth-order valence-corrected chi connectivity index (χ4v) is 4.14. The maximum atomic E-state index is 2.40. The second-order valence-electron chi connectivity index (χ2n) is 4.71. The summed E-state index contributed by atoms with van der Waals surface area (Å²) in [4.78, 5) is 3.39. The predicted octanol–water partition coefficient (Wildman–Crippen LogP) is 4.70. The highest BCUT2D eigenvalue weighted by atomic mass is 32.1. The van der Waals surface area contributed by atoms with Gasteiger partial charge in [0.25, 0.3) is 0 Å². The number of rotatable bonds is 3. The molecule has 0 saturated carbocycles. The Hall–Kier alpha value is -0.300. The summed E-state index contributed by atoms with van der Waals surface area (Å²) in [6.45, 7) is 7.02. The van der Waals surface area contributed by atoms with Crippen LogP contribution in [0.1, 0.15) is 66.8 Å². The van der Waals surface area contributed by atoms with E-state index < -0.39 is 0 Å². The van der Waals surface area contributed by atoms with E-state index in [-0.39, 0.29) is 0 Å². The summed E-state index contributed by atoms with van der Waals surface area (Å²) in [5, 5.41) is 0. The van der Waals surface area contributed by atoms with Gasteiger partial charge >= 0.3 is 0 Å². The van der Waals surface area contributed by atoms with Crippen molar-refractivity contribution in [1.82, 2.24) is 0 Å². The minimum absolute atomic E-state index is 0.776. The Balaban J connectivity index is 2.44. The molecule has 1 aliphatic carbocycles. The lowest BCUT2D eigenvalue weighted by Gasteiger charge is -2.16. The average molecular weight is 222 g/mol. The van der Waals surface area contributed by atoms with Gasteiger partial charge in [0.2, 0.25) is 0 Å².